The molecule has 2 N–H and O–H groups in total. The first-order valence-electron chi connectivity index (χ1n) is 13.4. The Morgan fingerprint density at radius 2 is 1.69 bits per heavy atom. The molecule has 0 radical (unpaired) electrons. The Labute approximate surface area is 221 Å². The first-order chi connectivity index (χ1) is 17.1. The van der Waals surface area contributed by atoms with Gasteiger partial charge in [-0.1, -0.05) is 44.3 Å². The summed E-state index contributed by atoms with van der Waals surface area (Å²) in [5.41, 5.74) is 0.109. The largest absolute Gasteiger partial charge is 0.497 e. The van der Waals surface area contributed by atoms with E-state index in [-0.39, 0.29) is 18.0 Å². The van der Waals surface area contributed by atoms with Crippen LogP contribution in [-0.4, -0.2) is 59.8 Å². The van der Waals surface area contributed by atoms with E-state index in [1.165, 1.54) is 32.1 Å². The van der Waals surface area contributed by atoms with Crippen LogP contribution in [-0.2, 0) is 4.74 Å². The van der Waals surface area contributed by atoms with Gasteiger partial charge in [0.1, 0.15) is 11.4 Å². The summed E-state index contributed by atoms with van der Waals surface area (Å²) in [6.45, 7) is 6.92. The normalized spacial score (nSPS) is 18.3. The third-order valence-corrected chi connectivity index (χ3v) is 7.46. The molecule has 1 unspecified atom stereocenters. The summed E-state index contributed by atoms with van der Waals surface area (Å²) < 4.78 is 10.7. The summed E-state index contributed by atoms with van der Waals surface area (Å²) in [7, 11) is 1.61. The van der Waals surface area contributed by atoms with Crippen LogP contribution in [0.25, 0.3) is 0 Å². The summed E-state index contributed by atoms with van der Waals surface area (Å²) in [5, 5.41) is 6.52. The molecule has 1 aliphatic heterocycles. The molecule has 36 heavy (non-hydrogen) atoms. The van der Waals surface area contributed by atoms with Gasteiger partial charge in [-0.05, 0) is 76.6 Å². The lowest BCUT2D eigenvalue weighted by atomic mass is 9.85. The summed E-state index contributed by atoms with van der Waals surface area (Å²) >= 11 is 5.79. The minimum Gasteiger partial charge on any atom is -0.497 e. The van der Waals surface area contributed by atoms with Gasteiger partial charge in [-0.2, -0.15) is 0 Å². The van der Waals surface area contributed by atoms with Crippen LogP contribution in [0.4, 0.5) is 4.79 Å². The lowest BCUT2D eigenvalue weighted by molar-refractivity contribution is 0.0513. The van der Waals surface area contributed by atoms with E-state index in [2.05, 4.69) is 10.6 Å². The van der Waals surface area contributed by atoms with Gasteiger partial charge in [-0.15, -0.1) is 0 Å². The fourth-order valence-electron chi connectivity index (χ4n) is 5.04. The Morgan fingerprint density at radius 1 is 1.06 bits per heavy atom. The first-order valence-corrected chi connectivity index (χ1v) is 13.8. The molecule has 0 spiro atoms. The molecule has 1 aromatic carbocycles. The van der Waals surface area contributed by atoms with Crippen LogP contribution in [0, 0.1) is 5.92 Å². The zero-order chi connectivity index (χ0) is 26.1. The van der Waals surface area contributed by atoms with Gasteiger partial charge in [0.25, 0.3) is 5.91 Å². The number of carbonyl (C=O) groups excluding carboxylic acids is 2. The number of thiocarbonyl (C=S) groups is 1. The SMILES string of the molecule is COc1ccc(C(=O)N2CCC(NC(=S)C(CCC3CCCCC3)NC(=O)OC(C)(C)C)CC2)cc1. The summed E-state index contributed by atoms with van der Waals surface area (Å²) in [4.78, 5) is 28.0. The number of hydrogen-bond donors (Lipinski definition) is 2. The van der Waals surface area contributed by atoms with Crippen molar-refractivity contribution in [1.29, 1.82) is 0 Å². The molecule has 0 bridgehead atoms. The van der Waals surface area contributed by atoms with Crippen molar-refractivity contribution in [2.75, 3.05) is 20.2 Å². The second kappa shape index (κ2) is 13.3. The van der Waals surface area contributed by atoms with Gasteiger partial charge in [0.2, 0.25) is 0 Å². The van der Waals surface area contributed by atoms with E-state index < -0.39 is 11.7 Å². The Bertz CT molecular complexity index is 870. The molecular formula is C28H43N3O4S. The van der Waals surface area contributed by atoms with Crippen LogP contribution in [0.5, 0.6) is 5.75 Å². The second-order valence-electron chi connectivity index (χ2n) is 11.1. The van der Waals surface area contributed by atoms with Crippen molar-refractivity contribution in [2.24, 2.45) is 5.92 Å². The quantitative estimate of drug-likeness (QED) is 0.445. The van der Waals surface area contributed by atoms with Crippen molar-refractivity contribution in [3.05, 3.63) is 29.8 Å². The van der Waals surface area contributed by atoms with E-state index >= 15 is 0 Å². The molecule has 1 aromatic rings. The number of alkyl carbamates (subject to hydrolysis) is 1. The van der Waals surface area contributed by atoms with Gasteiger partial charge in [-0.3, -0.25) is 4.79 Å². The maximum Gasteiger partial charge on any atom is 0.408 e. The first kappa shape index (κ1) is 28.2. The van der Waals surface area contributed by atoms with Crippen molar-refractivity contribution in [3.8, 4) is 5.75 Å². The van der Waals surface area contributed by atoms with E-state index in [0.29, 0.717) is 29.6 Å². The lowest BCUT2D eigenvalue weighted by Gasteiger charge is -2.34. The van der Waals surface area contributed by atoms with Crippen LogP contribution in [0.1, 0.15) is 88.9 Å². The molecule has 2 aliphatic rings. The molecule has 2 amide bonds. The average Bonchev–Trinajstić information content (AvgIpc) is 2.86. The summed E-state index contributed by atoms with van der Waals surface area (Å²) in [6, 6.07) is 7.15. The number of ether oxygens (including phenoxy) is 2. The third-order valence-electron chi connectivity index (χ3n) is 7.06. The van der Waals surface area contributed by atoms with Crippen molar-refractivity contribution < 1.29 is 19.1 Å². The van der Waals surface area contributed by atoms with E-state index in [4.69, 9.17) is 21.7 Å². The second-order valence-corrected chi connectivity index (χ2v) is 11.5. The number of methoxy groups -OCH3 is 1. The highest BCUT2D eigenvalue weighted by atomic mass is 32.1. The predicted octanol–water partition coefficient (Wildman–Crippen LogP) is 5.47. The van der Waals surface area contributed by atoms with Crippen molar-refractivity contribution in [2.45, 2.75) is 96.2 Å². The molecular weight excluding hydrogens is 474 g/mol. The lowest BCUT2D eigenvalue weighted by Crippen LogP contribution is -2.52. The number of nitrogens with one attached hydrogen (secondary N) is 2. The van der Waals surface area contributed by atoms with Crippen molar-refractivity contribution in [3.63, 3.8) is 0 Å². The molecule has 200 valence electrons. The highest BCUT2D eigenvalue weighted by Gasteiger charge is 2.28. The Kier molecular flexibility index (Phi) is 10.4. The van der Waals surface area contributed by atoms with Crippen LogP contribution >= 0.6 is 12.2 Å². The van der Waals surface area contributed by atoms with Crippen molar-refractivity contribution >= 4 is 29.2 Å². The van der Waals surface area contributed by atoms with Crippen LogP contribution in [0.15, 0.2) is 24.3 Å². The van der Waals surface area contributed by atoms with Gasteiger partial charge < -0.3 is 25.0 Å². The molecule has 3 rings (SSSR count). The highest BCUT2D eigenvalue weighted by Crippen LogP contribution is 2.28. The fraction of sp³-hybridized carbons (Fsp3) is 0.679. The van der Waals surface area contributed by atoms with Gasteiger partial charge in [0, 0.05) is 24.7 Å². The van der Waals surface area contributed by atoms with E-state index in [9.17, 15) is 9.59 Å². The molecule has 0 aromatic heterocycles. The number of benzene rings is 1. The van der Waals surface area contributed by atoms with Gasteiger partial charge in [0.05, 0.1) is 18.1 Å². The number of piperidine rings is 1. The van der Waals surface area contributed by atoms with E-state index in [1.54, 1.807) is 19.2 Å². The molecule has 1 atom stereocenters. The molecule has 8 heteroatoms. The molecule has 1 aliphatic carbocycles. The zero-order valence-corrected chi connectivity index (χ0v) is 23.1. The summed E-state index contributed by atoms with van der Waals surface area (Å²) in [6.07, 6.45) is 9.50. The molecule has 1 heterocycles. The number of likely N-dealkylation sites (tertiary alicyclic amines) is 1. The Morgan fingerprint density at radius 3 is 2.28 bits per heavy atom. The standard InChI is InChI=1S/C28H43N3O4S/c1-28(2,3)35-27(33)30-24(15-10-20-8-6-5-7-9-20)25(36)29-22-16-18-31(19-17-22)26(32)21-11-13-23(34-4)14-12-21/h11-14,20,22,24H,5-10,15-19H2,1-4H3,(H,29,36)(H,30,33). The maximum absolute atomic E-state index is 12.9. The Hall–Kier alpha value is -2.35. The minimum absolute atomic E-state index is 0.0376. The number of amides is 2. The monoisotopic (exact) mass is 517 g/mol. The topological polar surface area (TPSA) is 79.9 Å². The number of hydrogen-bond acceptors (Lipinski definition) is 5. The number of rotatable bonds is 8. The smallest absolute Gasteiger partial charge is 0.408 e. The van der Waals surface area contributed by atoms with Gasteiger partial charge in [0.15, 0.2) is 0 Å². The van der Waals surface area contributed by atoms with E-state index in [0.717, 1.165) is 31.4 Å². The van der Waals surface area contributed by atoms with Gasteiger partial charge in [-0.25, -0.2) is 4.79 Å². The van der Waals surface area contributed by atoms with Crippen LogP contribution in [0.3, 0.4) is 0 Å². The van der Waals surface area contributed by atoms with Crippen LogP contribution < -0.4 is 15.4 Å². The van der Waals surface area contributed by atoms with Crippen molar-refractivity contribution in [1.82, 2.24) is 15.5 Å². The molecule has 2 fully saturated rings. The Balaban J connectivity index is 1.52. The third kappa shape index (κ3) is 8.95. The molecule has 1 saturated heterocycles. The number of nitrogens with zero attached hydrogens (tertiary/aromatic N) is 1. The maximum atomic E-state index is 12.9. The van der Waals surface area contributed by atoms with E-state index in [1.807, 2.05) is 37.8 Å². The fourth-order valence-corrected chi connectivity index (χ4v) is 5.39. The molecule has 7 nitrogen and oxygen atoms in total. The van der Waals surface area contributed by atoms with Gasteiger partial charge >= 0.3 is 6.09 Å². The zero-order valence-electron chi connectivity index (χ0n) is 22.3. The number of carbonyl (C=O) groups is 2. The van der Waals surface area contributed by atoms with Crippen LogP contribution in [0.2, 0.25) is 0 Å². The summed E-state index contributed by atoms with van der Waals surface area (Å²) in [5.74, 6) is 1.48. The predicted molar refractivity (Wildman–Crippen MR) is 147 cm³/mol. The minimum atomic E-state index is -0.559. The average molecular weight is 518 g/mol. The highest BCUT2D eigenvalue weighted by molar-refractivity contribution is 7.80. The molecule has 1 saturated carbocycles.